The highest BCUT2D eigenvalue weighted by atomic mass is 16.5. The summed E-state index contributed by atoms with van der Waals surface area (Å²) < 4.78 is 5.93. The normalized spacial score (nSPS) is 26.9. The summed E-state index contributed by atoms with van der Waals surface area (Å²) in [5.74, 6) is 1.91. The summed E-state index contributed by atoms with van der Waals surface area (Å²) in [5, 5.41) is 0. The van der Waals surface area contributed by atoms with Gasteiger partial charge in [-0.25, -0.2) is 0 Å². The van der Waals surface area contributed by atoms with Crippen molar-refractivity contribution in [2.75, 3.05) is 6.61 Å². The third kappa shape index (κ3) is 2.64. The van der Waals surface area contributed by atoms with Crippen LogP contribution in [0.25, 0.3) is 0 Å². The van der Waals surface area contributed by atoms with Gasteiger partial charge in [0.25, 0.3) is 0 Å². The Morgan fingerprint density at radius 1 is 1.17 bits per heavy atom. The molecule has 1 atom stereocenters. The van der Waals surface area contributed by atoms with Gasteiger partial charge in [0.1, 0.15) is 5.78 Å². The maximum atomic E-state index is 12.8. The largest absolute Gasteiger partial charge is 0.375 e. The minimum atomic E-state index is 0.0943. The molecule has 2 rings (SSSR count). The molecule has 1 aliphatic carbocycles. The summed E-state index contributed by atoms with van der Waals surface area (Å²) in [6, 6.07) is 0. The van der Waals surface area contributed by atoms with E-state index in [-0.39, 0.29) is 17.4 Å². The lowest BCUT2D eigenvalue weighted by atomic mass is 9.68. The van der Waals surface area contributed by atoms with Gasteiger partial charge in [0.05, 0.1) is 5.60 Å². The van der Waals surface area contributed by atoms with Crippen molar-refractivity contribution >= 4 is 5.78 Å². The predicted molar refractivity (Wildman–Crippen MR) is 73.4 cm³/mol. The molecule has 18 heavy (non-hydrogen) atoms. The average Bonchev–Trinajstić information content (AvgIpc) is 2.26. The van der Waals surface area contributed by atoms with Gasteiger partial charge < -0.3 is 4.74 Å². The first-order valence-corrected chi connectivity index (χ1v) is 7.63. The first-order chi connectivity index (χ1) is 8.45. The lowest BCUT2D eigenvalue weighted by Gasteiger charge is -2.47. The average molecular weight is 252 g/mol. The third-order valence-electron chi connectivity index (χ3n) is 4.93. The summed E-state index contributed by atoms with van der Waals surface area (Å²) in [6.45, 7) is 9.52. The predicted octanol–water partition coefficient (Wildman–Crippen LogP) is 3.83. The monoisotopic (exact) mass is 252 g/mol. The van der Waals surface area contributed by atoms with Crippen molar-refractivity contribution in [3.8, 4) is 0 Å². The molecule has 1 saturated carbocycles. The summed E-state index contributed by atoms with van der Waals surface area (Å²) >= 11 is 0. The van der Waals surface area contributed by atoms with E-state index in [1.807, 2.05) is 0 Å². The Kier molecular flexibility index (Phi) is 4.15. The van der Waals surface area contributed by atoms with Crippen molar-refractivity contribution in [3.05, 3.63) is 0 Å². The fourth-order valence-corrected chi connectivity index (χ4v) is 3.89. The maximum Gasteiger partial charge on any atom is 0.139 e. The fraction of sp³-hybridized carbons (Fsp3) is 0.938. The van der Waals surface area contributed by atoms with Crippen LogP contribution in [0.15, 0.2) is 0 Å². The molecule has 1 unspecified atom stereocenters. The standard InChI is InChI=1S/C16H28O2/c1-11(2)14(12(3)4)15(17)13-6-9-18-16(10-13)7-5-8-16/h11-14H,5-10H2,1-4H3. The van der Waals surface area contributed by atoms with Gasteiger partial charge in [0.15, 0.2) is 0 Å². The van der Waals surface area contributed by atoms with Crippen LogP contribution in [0, 0.1) is 23.7 Å². The first-order valence-electron chi connectivity index (χ1n) is 7.63. The molecule has 104 valence electrons. The van der Waals surface area contributed by atoms with Crippen LogP contribution in [0.5, 0.6) is 0 Å². The second-order valence-corrected chi connectivity index (χ2v) is 6.99. The molecule has 0 aromatic heterocycles. The zero-order valence-electron chi connectivity index (χ0n) is 12.4. The highest BCUT2D eigenvalue weighted by molar-refractivity contribution is 5.84. The fourth-order valence-electron chi connectivity index (χ4n) is 3.89. The van der Waals surface area contributed by atoms with Crippen LogP contribution in [0.1, 0.15) is 59.8 Å². The second kappa shape index (κ2) is 5.32. The van der Waals surface area contributed by atoms with Gasteiger partial charge in [-0.05, 0) is 43.9 Å². The van der Waals surface area contributed by atoms with E-state index in [9.17, 15) is 4.79 Å². The third-order valence-corrected chi connectivity index (χ3v) is 4.93. The molecular formula is C16H28O2. The summed E-state index contributed by atoms with van der Waals surface area (Å²) in [6.07, 6.45) is 5.55. The molecule has 2 nitrogen and oxygen atoms in total. The number of ether oxygens (including phenoxy) is 1. The van der Waals surface area contributed by atoms with E-state index in [1.54, 1.807) is 0 Å². The summed E-state index contributed by atoms with van der Waals surface area (Å²) in [5.41, 5.74) is 0.0943. The molecule has 0 aromatic rings. The molecular weight excluding hydrogens is 224 g/mol. The van der Waals surface area contributed by atoms with Gasteiger partial charge in [-0.3, -0.25) is 4.79 Å². The van der Waals surface area contributed by atoms with Crippen molar-refractivity contribution in [2.24, 2.45) is 23.7 Å². The van der Waals surface area contributed by atoms with E-state index >= 15 is 0 Å². The molecule has 2 fully saturated rings. The van der Waals surface area contributed by atoms with E-state index in [0.717, 1.165) is 19.4 Å². The number of ketones is 1. The van der Waals surface area contributed by atoms with Crippen LogP contribution in [0.2, 0.25) is 0 Å². The van der Waals surface area contributed by atoms with Crippen LogP contribution in [0.3, 0.4) is 0 Å². The van der Waals surface area contributed by atoms with Crippen molar-refractivity contribution in [3.63, 3.8) is 0 Å². The molecule has 1 heterocycles. The molecule has 0 radical (unpaired) electrons. The van der Waals surface area contributed by atoms with E-state index < -0.39 is 0 Å². The Morgan fingerprint density at radius 3 is 2.22 bits per heavy atom. The van der Waals surface area contributed by atoms with Gasteiger partial charge in [-0.15, -0.1) is 0 Å². The van der Waals surface area contributed by atoms with Gasteiger partial charge in [0.2, 0.25) is 0 Å². The number of hydrogen-bond acceptors (Lipinski definition) is 2. The van der Waals surface area contributed by atoms with E-state index in [1.165, 1.54) is 19.3 Å². The number of Topliss-reactive ketones (excluding diaryl/α,β-unsaturated/α-hetero) is 1. The topological polar surface area (TPSA) is 26.3 Å². The van der Waals surface area contributed by atoms with Gasteiger partial charge in [-0.1, -0.05) is 27.7 Å². The Hall–Kier alpha value is -0.370. The van der Waals surface area contributed by atoms with Gasteiger partial charge in [0, 0.05) is 18.4 Å². The van der Waals surface area contributed by atoms with Crippen LogP contribution < -0.4 is 0 Å². The molecule has 0 aromatic carbocycles. The van der Waals surface area contributed by atoms with Crippen molar-refractivity contribution in [2.45, 2.75) is 65.4 Å². The van der Waals surface area contributed by atoms with Crippen LogP contribution >= 0.6 is 0 Å². The number of carbonyl (C=O) groups excluding carboxylic acids is 1. The first kappa shape index (κ1) is 14.0. The Balaban J connectivity index is 2.03. The van der Waals surface area contributed by atoms with Crippen molar-refractivity contribution in [1.29, 1.82) is 0 Å². The SMILES string of the molecule is CC(C)C(C(=O)C1CCOC2(CCC2)C1)C(C)C. The van der Waals surface area contributed by atoms with Crippen LogP contribution in [0.4, 0.5) is 0 Å². The van der Waals surface area contributed by atoms with E-state index in [2.05, 4.69) is 27.7 Å². The molecule has 1 saturated heterocycles. The van der Waals surface area contributed by atoms with Crippen LogP contribution in [-0.2, 0) is 9.53 Å². The lowest BCUT2D eigenvalue weighted by molar-refractivity contribution is -0.159. The summed E-state index contributed by atoms with van der Waals surface area (Å²) in [4.78, 5) is 12.8. The Bertz CT molecular complexity index is 294. The number of rotatable bonds is 4. The van der Waals surface area contributed by atoms with Gasteiger partial charge >= 0.3 is 0 Å². The zero-order chi connectivity index (χ0) is 13.3. The van der Waals surface area contributed by atoms with E-state index in [4.69, 9.17) is 4.74 Å². The molecule has 0 N–H and O–H groups in total. The number of carbonyl (C=O) groups is 1. The maximum absolute atomic E-state index is 12.8. The second-order valence-electron chi connectivity index (χ2n) is 6.99. The highest BCUT2D eigenvalue weighted by Gasteiger charge is 2.45. The smallest absolute Gasteiger partial charge is 0.139 e. The minimum absolute atomic E-state index is 0.0943. The van der Waals surface area contributed by atoms with Crippen molar-refractivity contribution < 1.29 is 9.53 Å². The minimum Gasteiger partial charge on any atom is -0.375 e. The molecule has 1 aliphatic heterocycles. The molecule has 2 heteroatoms. The molecule has 2 aliphatic rings. The molecule has 0 amide bonds. The van der Waals surface area contributed by atoms with Crippen LogP contribution in [-0.4, -0.2) is 18.0 Å². The quantitative estimate of drug-likeness (QED) is 0.760. The summed E-state index contributed by atoms with van der Waals surface area (Å²) in [7, 11) is 0. The Morgan fingerprint density at radius 2 is 1.78 bits per heavy atom. The number of hydrogen-bond donors (Lipinski definition) is 0. The molecule has 0 bridgehead atoms. The van der Waals surface area contributed by atoms with E-state index in [0.29, 0.717) is 17.6 Å². The highest BCUT2D eigenvalue weighted by Crippen LogP contribution is 2.45. The zero-order valence-corrected chi connectivity index (χ0v) is 12.4. The molecule has 1 spiro atoms. The lowest BCUT2D eigenvalue weighted by Crippen LogP contribution is -2.48. The Labute approximate surface area is 111 Å². The van der Waals surface area contributed by atoms with Gasteiger partial charge in [-0.2, -0.15) is 0 Å². The van der Waals surface area contributed by atoms with Crippen molar-refractivity contribution in [1.82, 2.24) is 0 Å².